The van der Waals surface area contributed by atoms with E-state index in [9.17, 15) is 22.8 Å². The summed E-state index contributed by atoms with van der Waals surface area (Å²) in [6.45, 7) is 4.34. The summed E-state index contributed by atoms with van der Waals surface area (Å²) < 4.78 is 50.5. The Morgan fingerprint density at radius 1 is 1.20 bits per heavy atom. The van der Waals surface area contributed by atoms with Crippen molar-refractivity contribution in [3.05, 3.63) is 52.9 Å². The van der Waals surface area contributed by atoms with Crippen LogP contribution in [0, 0.1) is 18.3 Å². The summed E-state index contributed by atoms with van der Waals surface area (Å²) in [7, 11) is 0. The number of nitrogens with zero attached hydrogens (tertiary/aromatic N) is 3. The SMILES string of the molecule is Cc1cc(C#N)ccc1-n1nc(C(F)(F)F)cc1NC=C1C(=O)OC(C)(C)OC1=O. The number of aromatic nitrogens is 2. The number of hydrogen-bond donors (Lipinski definition) is 1. The Labute approximate surface area is 168 Å². The molecular formula is C19H15F3N4O4. The van der Waals surface area contributed by atoms with E-state index in [1.165, 1.54) is 32.0 Å². The highest BCUT2D eigenvalue weighted by atomic mass is 19.4. The normalized spacial score (nSPS) is 15.8. The summed E-state index contributed by atoms with van der Waals surface area (Å²) in [6.07, 6.45) is -3.84. The number of rotatable bonds is 3. The first-order valence-electron chi connectivity index (χ1n) is 8.53. The molecule has 1 aromatic heterocycles. The number of benzene rings is 1. The Bertz CT molecular complexity index is 1090. The number of esters is 2. The lowest BCUT2D eigenvalue weighted by molar-refractivity contribution is -0.222. The number of ether oxygens (including phenoxy) is 2. The van der Waals surface area contributed by atoms with Gasteiger partial charge in [0.1, 0.15) is 5.82 Å². The summed E-state index contributed by atoms with van der Waals surface area (Å²) in [5.41, 5.74) is -0.638. The second kappa shape index (κ2) is 7.22. The number of cyclic esters (lactones) is 2. The molecule has 0 amide bonds. The van der Waals surface area contributed by atoms with Crippen LogP contribution in [0.2, 0.25) is 0 Å². The van der Waals surface area contributed by atoms with E-state index in [4.69, 9.17) is 14.7 Å². The summed E-state index contributed by atoms with van der Waals surface area (Å²) >= 11 is 0. The fraction of sp³-hybridized carbons (Fsp3) is 0.263. The minimum Gasteiger partial charge on any atom is -0.419 e. The van der Waals surface area contributed by atoms with Gasteiger partial charge in [-0.25, -0.2) is 14.3 Å². The molecule has 1 N–H and O–H groups in total. The third kappa shape index (κ3) is 4.12. The van der Waals surface area contributed by atoms with Gasteiger partial charge in [-0.2, -0.15) is 23.5 Å². The number of carbonyl (C=O) groups excluding carboxylic acids is 2. The molecule has 0 bridgehead atoms. The lowest BCUT2D eigenvalue weighted by Crippen LogP contribution is -2.42. The van der Waals surface area contributed by atoms with E-state index in [1.807, 2.05) is 6.07 Å². The van der Waals surface area contributed by atoms with E-state index < -0.39 is 35.2 Å². The van der Waals surface area contributed by atoms with Crippen molar-refractivity contribution in [3.8, 4) is 11.8 Å². The fourth-order valence-electron chi connectivity index (χ4n) is 2.69. The molecule has 2 aromatic rings. The molecule has 0 saturated carbocycles. The Hall–Kier alpha value is -3.81. The summed E-state index contributed by atoms with van der Waals surface area (Å²) in [6, 6.07) is 7.01. The van der Waals surface area contributed by atoms with E-state index in [1.54, 1.807) is 6.92 Å². The topological polar surface area (TPSA) is 106 Å². The number of carbonyl (C=O) groups is 2. The van der Waals surface area contributed by atoms with Gasteiger partial charge in [-0.3, -0.25) is 0 Å². The smallest absolute Gasteiger partial charge is 0.419 e. The number of anilines is 1. The molecule has 2 heterocycles. The second-order valence-corrected chi connectivity index (χ2v) is 6.82. The molecule has 1 aliphatic rings. The summed E-state index contributed by atoms with van der Waals surface area (Å²) in [4.78, 5) is 24.0. The third-order valence-electron chi connectivity index (χ3n) is 4.04. The molecule has 1 aliphatic heterocycles. The molecule has 3 rings (SSSR count). The average molecular weight is 420 g/mol. The lowest BCUT2D eigenvalue weighted by Gasteiger charge is -2.29. The maximum atomic E-state index is 13.2. The first kappa shape index (κ1) is 20.9. The molecular weight excluding hydrogens is 405 g/mol. The van der Waals surface area contributed by atoms with Crippen molar-refractivity contribution in [2.75, 3.05) is 5.32 Å². The molecule has 1 saturated heterocycles. The van der Waals surface area contributed by atoms with Crippen LogP contribution in [-0.4, -0.2) is 27.5 Å². The maximum Gasteiger partial charge on any atom is 0.435 e. The van der Waals surface area contributed by atoms with Crippen LogP contribution >= 0.6 is 0 Å². The minimum atomic E-state index is -4.73. The minimum absolute atomic E-state index is 0.173. The zero-order chi connectivity index (χ0) is 22.3. The van der Waals surface area contributed by atoms with Gasteiger partial charge in [-0.05, 0) is 30.7 Å². The van der Waals surface area contributed by atoms with Crippen molar-refractivity contribution in [3.63, 3.8) is 0 Å². The van der Waals surface area contributed by atoms with E-state index in [0.29, 0.717) is 11.1 Å². The number of halogens is 3. The molecule has 0 unspecified atom stereocenters. The Morgan fingerprint density at radius 3 is 2.37 bits per heavy atom. The van der Waals surface area contributed by atoms with Crippen molar-refractivity contribution in [1.29, 1.82) is 5.26 Å². The van der Waals surface area contributed by atoms with Crippen molar-refractivity contribution in [1.82, 2.24) is 9.78 Å². The molecule has 0 spiro atoms. The van der Waals surface area contributed by atoms with Crippen LogP contribution in [0.25, 0.3) is 5.69 Å². The number of nitriles is 1. The van der Waals surface area contributed by atoms with Gasteiger partial charge in [-0.1, -0.05) is 0 Å². The summed E-state index contributed by atoms with van der Waals surface area (Å²) in [5, 5.41) is 15.0. The van der Waals surface area contributed by atoms with Crippen LogP contribution in [0.5, 0.6) is 0 Å². The molecule has 0 aliphatic carbocycles. The molecule has 11 heteroatoms. The van der Waals surface area contributed by atoms with Gasteiger partial charge in [0, 0.05) is 26.1 Å². The average Bonchev–Trinajstić information content (AvgIpc) is 3.04. The van der Waals surface area contributed by atoms with Gasteiger partial charge in [0.2, 0.25) is 0 Å². The van der Waals surface area contributed by atoms with E-state index in [2.05, 4.69) is 10.4 Å². The van der Waals surface area contributed by atoms with Gasteiger partial charge in [0.05, 0.1) is 17.3 Å². The Morgan fingerprint density at radius 2 is 1.83 bits per heavy atom. The zero-order valence-electron chi connectivity index (χ0n) is 16.0. The lowest BCUT2D eigenvalue weighted by atomic mass is 10.1. The molecule has 1 fully saturated rings. The predicted octanol–water partition coefficient (Wildman–Crippen LogP) is 3.20. The third-order valence-corrected chi connectivity index (χ3v) is 4.04. The van der Waals surface area contributed by atoms with E-state index >= 15 is 0 Å². The molecule has 156 valence electrons. The van der Waals surface area contributed by atoms with Gasteiger partial charge in [0.15, 0.2) is 11.3 Å². The molecule has 1 aromatic carbocycles. The van der Waals surface area contributed by atoms with Gasteiger partial charge >= 0.3 is 18.1 Å². The van der Waals surface area contributed by atoms with Gasteiger partial charge in [0.25, 0.3) is 5.79 Å². The van der Waals surface area contributed by atoms with E-state index in [-0.39, 0.29) is 11.5 Å². The zero-order valence-corrected chi connectivity index (χ0v) is 16.0. The number of nitrogens with one attached hydrogen (secondary N) is 1. The van der Waals surface area contributed by atoms with Crippen molar-refractivity contribution in [2.24, 2.45) is 0 Å². The molecule has 8 nitrogen and oxygen atoms in total. The van der Waals surface area contributed by atoms with Crippen molar-refractivity contribution >= 4 is 17.8 Å². The molecule has 0 atom stereocenters. The maximum absolute atomic E-state index is 13.2. The summed E-state index contributed by atoms with van der Waals surface area (Å²) in [5.74, 6) is -3.59. The number of aryl methyl sites for hydroxylation is 1. The predicted molar refractivity (Wildman–Crippen MR) is 96.0 cm³/mol. The quantitative estimate of drug-likeness (QED) is 0.462. The highest BCUT2D eigenvalue weighted by Crippen LogP contribution is 2.32. The number of alkyl halides is 3. The largest absolute Gasteiger partial charge is 0.435 e. The second-order valence-electron chi connectivity index (χ2n) is 6.82. The van der Waals surface area contributed by atoms with Crippen LogP contribution in [0.1, 0.15) is 30.7 Å². The highest BCUT2D eigenvalue weighted by Gasteiger charge is 2.39. The fourth-order valence-corrected chi connectivity index (χ4v) is 2.69. The van der Waals surface area contributed by atoms with Crippen LogP contribution in [0.4, 0.5) is 19.0 Å². The first-order chi connectivity index (χ1) is 13.9. The number of hydrogen-bond acceptors (Lipinski definition) is 7. The first-order valence-corrected chi connectivity index (χ1v) is 8.53. The Kier molecular flexibility index (Phi) is 5.03. The Balaban J connectivity index is 2.03. The molecule has 0 radical (unpaired) electrons. The van der Waals surface area contributed by atoms with Crippen LogP contribution in [0.15, 0.2) is 36.0 Å². The monoisotopic (exact) mass is 420 g/mol. The van der Waals surface area contributed by atoms with Crippen LogP contribution in [-0.2, 0) is 25.2 Å². The van der Waals surface area contributed by atoms with E-state index in [0.717, 1.165) is 16.9 Å². The van der Waals surface area contributed by atoms with Gasteiger partial charge < -0.3 is 14.8 Å². The highest BCUT2D eigenvalue weighted by molar-refractivity contribution is 6.15. The van der Waals surface area contributed by atoms with Crippen molar-refractivity contribution in [2.45, 2.75) is 32.7 Å². The molecule has 30 heavy (non-hydrogen) atoms. The van der Waals surface area contributed by atoms with Crippen LogP contribution < -0.4 is 5.32 Å². The van der Waals surface area contributed by atoms with Gasteiger partial charge in [-0.15, -0.1) is 0 Å². The van der Waals surface area contributed by atoms with Crippen LogP contribution in [0.3, 0.4) is 0 Å². The standard InChI is InChI=1S/C19H15F3N4O4/c1-10-6-11(8-23)4-5-13(10)26-15(7-14(25-26)19(20,21)22)24-9-12-16(27)29-18(2,3)30-17(12)28/h4-7,9,24H,1-3H3. The van der Waals surface area contributed by atoms with Crippen molar-refractivity contribution < 1.29 is 32.2 Å².